The quantitative estimate of drug-likeness (QED) is 0.333. The smallest absolute Gasteiger partial charge is 0.123 e. The summed E-state index contributed by atoms with van der Waals surface area (Å²) in [6, 6.07) is 26.9. The Bertz CT molecular complexity index is 930. The number of aliphatic imine (C=N–C) groups is 1. The normalized spacial score (nSPS) is 11.2. The van der Waals surface area contributed by atoms with E-state index < -0.39 is 10.5 Å². The monoisotopic (exact) mass is 331 g/mol. The molecule has 3 heteroatoms. The minimum absolute atomic E-state index is 0.235. The summed E-state index contributed by atoms with van der Waals surface area (Å²) in [5, 5.41) is 3.04. The fourth-order valence-electron chi connectivity index (χ4n) is 2.30. The van der Waals surface area contributed by atoms with Crippen LogP contribution in [0.1, 0.15) is 0 Å². The van der Waals surface area contributed by atoms with Gasteiger partial charge in [0, 0.05) is 21.0 Å². The van der Waals surface area contributed by atoms with Crippen molar-refractivity contribution in [3.63, 3.8) is 0 Å². The van der Waals surface area contributed by atoms with Crippen molar-refractivity contribution < 1.29 is 4.39 Å². The minimum Gasteiger partial charge on any atom is -0.207 e. The van der Waals surface area contributed by atoms with Crippen LogP contribution in [0.25, 0.3) is 11.1 Å². The maximum Gasteiger partial charge on any atom is 0.123 e. The molecule has 0 aromatic heterocycles. The molecule has 0 saturated carbocycles. The van der Waals surface area contributed by atoms with Crippen LogP contribution in [0.2, 0.25) is 0 Å². The summed E-state index contributed by atoms with van der Waals surface area (Å²) >= 11 is 0. The third-order valence-corrected chi connectivity index (χ3v) is 5.21. The van der Waals surface area contributed by atoms with Crippen molar-refractivity contribution in [3.8, 4) is 23.6 Å². The van der Waals surface area contributed by atoms with Crippen LogP contribution < -0.4 is 0 Å². The first-order valence-electron chi connectivity index (χ1n) is 7.34. The van der Waals surface area contributed by atoms with Gasteiger partial charge in [-0.15, -0.1) is 4.99 Å². The highest BCUT2D eigenvalue weighted by Crippen LogP contribution is 2.35. The molecule has 1 unspecified atom stereocenters. The molecule has 1 nitrogen and oxygen atoms in total. The van der Waals surface area contributed by atoms with Crippen LogP contribution in [0.15, 0.2) is 93.6 Å². The molecule has 0 aliphatic carbocycles. The van der Waals surface area contributed by atoms with Gasteiger partial charge in [-0.1, -0.05) is 59.4 Å². The average Bonchev–Trinajstić information content (AvgIpc) is 2.64. The van der Waals surface area contributed by atoms with Gasteiger partial charge in [0.2, 0.25) is 0 Å². The van der Waals surface area contributed by atoms with E-state index in [9.17, 15) is 4.39 Å². The molecule has 3 rings (SSSR count). The van der Waals surface area contributed by atoms with Crippen LogP contribution in [0, 0.1) is 18.3 Å². The first-order valence-corrected chi connectivity index (χ1v) is 8.57. The lowest BCUT2D eigenvalue weighted by atomic mass is 10.1. The van der Waals surface area contributed by atoms with Gasteiger partial charge in [-0.2, -0.15) is 0 Å². The molecule has 3 aromatic rings. The van der Waals surface area contributed by atoms with Gasteiger partial charge in [0.05, 0.1) is 0 Å². The number of nitrogens with zero attached hydrogens (tertiary/aromatic N) is 1. The Morgan fingerprint density at radius 3 is 1.88 bits per heavy atom. The zero-order valence-corrected chi connectivity index (χ0v) is 13.6. The Morgan fingerprint density at radius 1 is 0.750 bits per heavy atom. The number of benzene rings is 3. The van der Waals surface area contributed by atoms with E-state index in [4.69, 9.17) is 6.42 Å². The van der Waals surface area contributed by atoms with Crippen molar-refractivity contribution in [1.82, 2.24) is 0 Å². The molecular formula is C21H14FNS. The lowest BCUT2D eigenvalue weighted by Crippen LogP contribution is -1.82. The van der Waals surface area contributed by atoms with Gasteiger partial charge < -0.3 is 0 Å². The van der Waals surface area contributed by atoms with Crippen molar-refractivity contribution in [2.75, 3.05) is 0 Å². The fraction of sp³-hybridized carbons (Fsp3) is 0. The SMILES string of the molecule is C#CN=C=S(c1ccccc1)c1ccc(-c2ccc(F)cc2)cc1. The Labute approximate surface area is 143 Å². The highest BCUT2D eigenvalue weighted by atomic mass is 32.2. The van der Waals surface area contributed by atoms with Crippen molar-refractivity contribution in [1.29, 1.82) is 0 Å². The molecule has 0 saturated heterocycles. The Hall–Kier alpha value is -2.92. The maximum absolute atomic E-state index is 13.0. The summed E-state index contributed by atoms with van der Waals surface area (Å²) in [6.07, 6.45) is 5.24. The van der Waals surface area contributed by atoms with Gasteiger partial charge in [0.15, 0.2) is 0 Å². The summed E-state index contributed by atoms with van der Waals surface area (Å²) in [7, 11) is -0.439. The van der Waals surface area contributed by atoms with Crippen LogP contribution in [-0.4, -0.2) is 5.16 Å². The molecule has 0 spiro atoms. The lowest BCUT2D eigenvalue weighted by Gasteiger charge is -2.08. The van der Waals surface area contributed by atoms with Crippen molar-refractivity contribution in [2.24, 2.45) is 4.99 Å². The fourth-order valence-corrected chi connectivity index (χ4v) is 3.76. The molecule has 0 fully saturated rings. The standard InChI is InChI=1S/C21H14FNS/c1-2-23-16-24(20-6-4-3-5-7-20)21-14-10-18(11-15-21)17-8-12-19(22)13-9-17/h1,3-15H. The van der Waals surface area contributed by atoms with Gasteiger partial charge in [-0.25, -0.2) is 4.39 Å². The van der Waals surface area contributed by atoms with E-state index in [1.165, 1.54) is 12.1 Å². The van der Waals surface area contributed by atoms with Gasteiger partial charge >= 0.3 is 0 Å². The molecule has 3 aromatic carbocycles. The molecule has 0 bridgehead atoms. The van der Waals surface area contributed by atoms with E-state index in [1.807, 2.05) is 54.6 Å². The van der Waals surface area contributed by atoms with E-state index in [0.29, 0.717) is 0 Å². The number of terminal acetylenes is 1. The number of hydrogen-bond acceptors (Lipinski definition) is 1. The number of isothiocyanates is 1. The van der Waals surface area contributed by atoms with Crippen LogP contribution in [0.5, 0.6) is 0 Å². The van der Waals surface area contributed by atoms with Gasteiger partial charge in [-0.05, 0) is 47.5 Å². The maximum atomic E-state index is 13.0. The topological polar surface area (TPSA) is 12.4 Å². The van der Waals surface area contributed by atoms with Gasteiger partial charge in [-0.3, -0.25) is 0 Å². The van der Waals surface area contributed by atoms with Crippen LogP contribution in [0.4, 0.5) is 4.39 Å². The zero-order valence-electron chi connectivity index (χ0n) is 12.8. The molecule has 0 aliphatic heterocycles. The van der Waals surface area contributed by atoms with E-state index in [1.54, 1.807) is 12.1 Å². The first kappa shape index (κ1) is 16.0. The summed E-state index contributed by atoms with van der Waals surface area (Å²) in [5.74, 6) is -0.235. The summed E-state index contributed by atoms with van der Waals surface area (Å²) in [6.45, 7) is 0. The Kier molecular flexibility index (Phi) is 5.03. The molecule has 24 heavy (non-hydrogen) atoms. The number of rotatable bonds is 3. The van der Waals surface area contributed by atoms with Crippen molar-refractivity contribution >= 4 is 15.6 Å². The molecule has 0 aliphatic rings. The molecule has 0 amide bonds. The van der Waals surface area contributed by atoms with Crippen LogP contribution >= 0.6 is 10.5 Å². The van der Waals surface area contributed by atoms with Crippen LogP contribution in [0.3, 0.4) is 0 Å². The minimum atomic E-state index is -0.439. The number of halogens is 1. The largest absolute Gasteiger partial charge is 0.207 e. The third kappa shape index (κ3) is 3.70. The summed E-state index contributed by atoms with van der Waals surface area (Å²) in [5.41, 5.74) is 2.01. The first-order chi connectivity index (χ1) is 11.8. The van der Waals surface area contributed by atoms with E-state index >= 15 is 0 Å². The predicted octanol–water partition coefficient (Wildman–Crippen LogP) is 5.68. The van der Waals surface area contributed by atoms with Crippen LogP contribution in [-0.2, 0) is 0 Å². The Morgan fingerprint density at radius 2 is 1.29 bits per heavy atom. The van der Waals surface area contributed by atoms with Crippen molar-refractivity contribution in [3.05, 3.63) is 84.7 Å². The Balaban J connectivity index is 2.00. The average molecular weight is 331 g/mol. The second kappa shape index (κ2) is 7.57. The molecule has 116 valence electrons. The van der Waals surface area contributed by atoms with Gasteiger partial charge in [0.25, 0.3) is 0 Å². The summed E-state index contributed by atoms with van der Waals surface area (Å²) < 4.78 is 13.0. The highest BCUT2D eigenvalue weighted by Gasteiger charge is 2.04. The molecule has 1 atom stereocenters. The van der Waals surface area contributed by atoms with E-state index in [2.05, 4.69) is 16.2 Å². The van der Waals surface area contributed by atoms with Crippen molar-refractivity contribution in [2.45, 2.75) is 9.79 Å². The van der Waals surface area contributed by atoms with E-state index in [0.717, 1.165) is 20.9 Å². The second-order valence-corrected chi connectivity index (χ2v) is 6.72. The second-order valence-electron chi connectivity index (χ2n) is 4.98. The summed E-state index contributed by atoms with van der Waals surface area (Å²) in [4.78, 5) is 6.04. The van der Waals surface area contributed by atoms with E-state index in [-0.39, 0.29) is 5.82 Å². The molecule has 0 heterocycles. The molecular weight excluding hydrogens is 317 g/mol. The number of hydrogen-bond donors (Lipinski definition) is 0. The molecule has 0 radical (unpaired) electrons. The lowest BCUT2D eigenvalue weighted by molar-refractivity contribution is 0.628. The predicted molar refractivity (Wildman–Crippen MR) is 98.7 cm³/mol. The molecule has 0 N–H and O–H groups in total. The van der Waals surface area contributed by atoms with Gasteiger partial charge in [0.1, 0.15) is 5.82 Å². The zero-order chi connectivity index (χ0) is 16.8. The third-order valence-electron chi connectivity index (χ3n) is 3.45. The highest BCUT2D eigenvalue weighted by molar-refractivity contribution is 8.14.